The maximum Gasteiger partial charge on any atom is 0.289 e. The third kappa shape index (κ3) is 4.92. The molecular weight excluding hydrogens is 411 g/mol. The van der Waals surface area contributed by atoms with Crippen molar-refractivity contribution in [2.45, 2.75) is 18.9 Å². The molecule has 2 amide bonds. The van der Waals surface area contributed by atoms with E-state index in [4.69, 9.17) is 23.2 Å². The van der Waals surface area contributed by atoms with E-state index in [0.717, 1.165) is 11.1 Å². The first kappa shape index (κ1) is 21.2. The van der Waals surface area contributed by atoms with Crippen molar-refractivity contribution < 1.29 is 14.7 Å². The van der Waals surface area contributed by atoms with Crippen molar-refractivity contribution in [3.63, 3.8) is 0 Å². The van der Waals surface area contributed by atoms with Crippen molar-refractivity contribution in [1.82, 2.24) is 9.80 Å². The van der Waals surface area contributed by atoms with Gasteiger partial charge in [0.05, 0.1) is 12.1 Å². The Labute approximate surface area is 180 Å². The van der Waals surface area contributed by atoms with E-state index >= 15 is 0 Å². The first-order chi connectivity index (χ1) is 13.8. The minimum atomic E-state index is -0.534. The highest BCUT2D eigenvalue weighted by atomic mass is 35.5. The number of rotatable bonds is 6. The van der Waals surface area contributed by atoms with Gasteiger partial charge in [0.15, 0.2) is 5.76 Å². The van der Waals surface area contributed by atoms with Crippen LogP contribution in [0.3, 0.4) is 0 Å². The summed E-state index contributed by atoms with van der Waals surface area (Å²) in [5, 5.41) is 11.4. The highest BCUT2D eigenvalue weighted by molar-refractivity contribution is 6.30. The molecule has 2 aromatic rings. The molecule has 5 nitrogen and oxygen atoms in total. The molecule has 0 saturated heterocycles. The summed E-state index contributed by atoms with van der Waals surface area (Å²) in [5.41, 5.74) is 2.19. The van der Waals surface area contributed by atoms with Gasteiger partial charge >= 0.3 is 0 Å². The van der Waals surface area contributed by atoms with E-state index in [1.807, 2.05) is 48.5 Å². The smallest absolute Gasteiger partial charge is 0.289 e. The maximum absolute atomic E-state index is 13.1. The minimum absolute atomic E-state index is 0.0997. The first-order valence-electron chi connectivity index (χ1n) is 9.20. The van der Waals surface area contributed by atoms with Crippen molar-refractivity contribution in [2.24, 2.45) is 0 Å². The zero-order valence-electron chi connectivity index (χ0n) is 16.2. The standard InChI is InChI=1S/C22H22Cl2N2O3/c1-25-13-19(20(27)22(25)29)21(28)26(2)18(11-14-3-7-16(23)8-4-14)12-15-5-9-17(24)10-6-15/h3-10,18,27H,11-13H2,1-2H3. The van der Waals surface area contributed by atoms with Crippen LogP contribution in [0.4, 0.5) is 0 Å². The number of aliphatic hydroxyl groups is 1. The van der Waals surface area contributed by atoms with Gasteiger partial charge in [-0.25, -0.2) is 0 Å². The van der Waals surface area contributed by atoms with Gasteiger partial charge in [0.25, 0.3) is 11.8 Å². The maximum atomic E-state index is 13.1. The molecule has 0 unspecified atom stereocenters. The molecular formula is C22H22Cl2N2O3. The Morgan fingerprint density at radius 1 is 1.03 bits per heavy atom. The number of aliphatic hydroxyl groups excluding tert-OH is 1. The quantitative estimate of drug-likeness (QED) is 0.752. The second-order valence-electron chi connectivity index (χ2n) is 7.22. The Hall–Kier alpha value is -2.50. The van der Waals surface area contributed by atoms with Gasteiger partial charge in [0, 0.05) is 30.2 Å². The molecule has 1 heterocycles. The van der Waals surface area contributed by atoms with Crippen LogP contribution in [-0.2, 0) is 22.4 Å². The molecule has 29 heavy (non-hydrogen) atoms. The predicted octanol–water partition coefficient (Wildman–Crippen LogP) is 3.89. The Kier molecular flexibility index (Phi) is 6.50. The van der Waals surface area contributed by atoms with Crippen LogP contribution >= 0.6 is 23.2 Å². The van der Waals surface area contributed by atoms with E-state index < -0.39 is 11.7 Å². The van der Waals surface area contributed by atoms with Crippen LogP contribution in [0.1, 0.15) is 11.1 Å². The summed E-state index contributed by atoms with van der Waals surface area (Å²) < 4.78 is 0. The molecule has 0 bridgehead atoms. The topological polar surface area (TPSA) is 60.9 Å². The molecule has 0 spiro atoms. The summed E-state index contributed by atoms with van der Waals surface area (Å²) in [5.74, 6) is -1.36. The van der Waals surface area contributed by atoms with E-state index in [1.165, 1.54) is 4.90 Å². The van der Waals surface area contributed by atoms with Gasteiger partial charge in [-0.05, 0) is 48.2 Å². The molecule has 0 aliphatic carbocycles. The van der Waals surface area contributed by atoms with Gasteiger partial charge in [-0.15, -0.1) is 0 Å². The summed E-state index contributed by atoms with van der Waals surface area (Å²) in [6.45, 7) is 0.0997. The number of carbonyl (C=O) groups excluding carboxylic acids is 2. The van der Waals surface area contributed by atoms with Crippen LogP contribution in [0.5, 0.6) is 0 Å². The summed E-state index contributed by atoms with van der Waals surface area (Å²) >= 11 is 12.0. The lowest BCUT2D eigenvalue weighted by molar-refractivity contribution is -0.128. The molecule has 7 heteroatoms. The molecule has 3 rings (SSSR count). The summed E-state index contributed by atoms with van der Waals surface area (Å²) in [6, 6.07) is 14.8. The van der Waals surface area contributed by atoms with Gasteiger partial charge in [-0.1, -0.05) is 47.5 Å². The second kappa shape index (κ2) is 8.89. The molecule has 0 fully saturated rings. The number of nitrogens with zero attached hydrogens (tertiary/aromatic N) is 2. The third-order valence-electron chi connectivity index (χ3n) is 5.13. The Morgan fingerprint density at radius 3 is 1.86 bits per heavy atom. The lowest BCUT2D eigenvalue weighted by Crippen LogP contribution is -2.41. The number of hydrogen-bond acceptors (Lipinski definition) is 3. The lowest BCUT2D eigenvalue weighted by Gasteiger charge is -2.29. The van der Waals surface area contributed by atoms with Crippen LogP contribution < -0.4 is 0 Å². The molecule has 1 aliphatic rings. The van der Waals surface area contributed by atoms with Crippen LogP contribution in [0.15, 0.2) is 59.9 Å². The van der Waals surface area contributed by atoms with E-state index in [-0.39, 0.29) is 24.1 Å². The largest absolute Gasteiger partial charge is 0.503 e. The molecule has 2 aromatic carbocycles. The second-order valence-corrected chi connectivity index (χ2v) is 8.09. The van der Waals surface area contributed by atoms with Gasteiger partial charge in [0.1, 0.15) is 0 Å². The van der Waals surface area contributed by atoms with Crippen molar-refractivity contribution in [1.29, 1.82) is 0 Å². The fraction of sp³-hybridized carbons (Fsp3) is 0.273. The highest BCUT2D eigenvalue weighted by Gasteiger charge is 2.34. The van der Waals surface area contributed by atoms with Crippen molar-refractivity contribution in [3.05, 3.63) is 81.0 Å². The number of carbonyl (C=O) groups is 2. The summed E-state index contributed by atoms with van der Waals surface area (Å²) in [7, 11) is 3.25. The number of likely N-dealkylation sites (N-methyl/N-ethyl adjacent to an activating group) is 2. The Morgan fingerprint density at radius 2 is 1.48 bits per heavy atom. The normalized spacial score (nSPS) is 14.1. The van der Waals surface area contributed by atoms with Crippen molar-refractivity contribution >= 4 is 35.0 Å². The van der Waals surface area contributed by atoms with Crippen LogP contribution in [-0.4, -0.2) is 53.4 Å². The van der Waals surface area contributed by atoms with Crippen molar-refractivity contribution in [2.75, 3.05) is 20.6 Å². The molecule has 0 aromatic heterocycles. The van der Waals surface area contributed by atoms with Crippen LogP contribution in [0, 0.1) is 0 Å². The zero-order valence-corrected chi connectivity index (χ0v) is 17.7. The number of halogens is 2. The van der Waals surface area contributed by atoms with Crippen LogP contribution in [0.2, 0.25) is 10.0 Å². The van der Waals surface area contributed by atoms with Gasteiger partial charge in [-0.2, -0.15) is 0 Å². The molecule has 1 N–H and O–H groups in total. The third-order valence-corrected chi connectivity index (χ3v) is 5.63. The predicted molar refractivity (Wildman–Crippen MR) is 114 cm³/mol. The van der Waals surface area contributed by atoms with E-state index in [1.54, 1.807) is 19.0 Å². The Balaban J connectivity index is 1.86. The van der Waals surface area contributed by atoms with Gasteiger partial charge in [0.2, 0.25) is 0 Å². The molecule has 152 valence electrons. The van der Waals surface area contributed by atoms with Gasteiger partial charge in [-0.3, -0.25) is 9.59 Å². The average Bonchev–Trinajstić information content (AvgIpc) is 2.97. The number of amides is 2. The molecule has 0 saturated carbocycles. The SMILES string of the molecule is CN1CC(C(=O)N(C)C(Cc2ccc(Cl)cc2)Cc2ccc(Cl)cc2)=C(O)C1=O. The molecule has 1 aliphatic heterocycles. The monoisotopic (exact) mass is 432 g/mol. The molecule has 0 atom stereocenters. The number of hydrogen-bond donors (Lipinski definition) is 1. The Bertz CT molecular complexity index is 892. The number of benzene rings is 2. The fourth-order valence-electron chi connectivity index (χ4n) is 3.37. The highest BCUT2D eigenvalue weighted by Crippen LogP contribution is 2.22. The molecule has 0 radical (unpaired) electrons. The van der Waals surface area contributed by atoms with E-state index in [2.05, 4.69) is 0 Å². The van der Waals surface area contributed by atoms with E-state index in [9.17, 15) is 14.7 Å². The summed E-state index contributed by atoms with van der Waals surface area (Å²) in [6.07, 6.45) is 1.19. The van der Waals surface area contributed by atoms with E-state index in [0.29, 0.717) is 22.9 Å². The first-order valence-corrected chi connectivity index (χ1v) is 9.95. The zero-order chi connectivity index (χ0) is 21.1. The van der Waals surface area contributed by atoms with Crippen molar-refractivity contribution in [3.8, 4) is 0 Å². The average molecular weight is 433 g/mol. The summed E-state index contributed by atoms with van der Waals surface area (Å²) in [4.78, 5) is 27.9. The lowest BCUT2D eigenvalue weighted by atomic mass is 9.97. The van der Waals surface area contributed by atoms with Crippen LogP contribution in [0.25, 0.3) is 0 Å². The fourth-order valence-corrected chi connectivity index (χ4v) is 3.62. The van der Waals surface area contributed by atoms with Gasteiger partial charge < -0.3 is 14.9 Å². The minimum Gasteiger partial charge on any atom is -0.503 e.